The predicted molar refractivity (Wildman–Crippen MR) is 88.1 cm³/mol. The first kappa shape index (κ1) is 19.3. The van der Waals surface area contributed by atoms with Gasteiger partial charge in [-0.05, 0) is 31.9 Å². The topological polar surface area (TPSA) is 58.2 Å². The van der Waals surface area contributed by atoms with Gasteiger partial charge in [0.15, 0.2) is 0 Å². The molecule has 1 aromatic rings. The molecule has 0 bridgehead atoms. The highest BCUT2D eigenvalue weighted by atomic mass is 19.4. The van der Waals surface area contributed by atoms with Crippen LogP contribution in [0, 0.1) is 12.8 Å². The zero-order chi connectivity index (χ0) is 18.4. The number of amides is 2. The lowest BCUT2D eigenvalue weighted by atomic mass is 9.84. The molecule has 7 heteroatoms. The molecule has 0 saturated heterocycles. The van der Waals surface area contributed by atoms with E-state index >= 15 is 0 Å². The quantitative estimate of drug-likeness (QED) is 0.850. The van der Waals surface area contributed by atoms with Gasteiger partial charge >= 0.3 is 6.18 Å². The first-order chi connectivity index (χ1) is 11.8. The molecule has 4 nitrogen and oxygen atoms in total. The summed E-state index contributed by atoms with van der Waals surface area (Å²) in [6.07, 6.45) is -2.73. The Kier molecular flexibility index (Phi) is 6.45. The van der Waals surface area contributed by atoms with E-state index in [1.807, 2.05) is 13.0 Å². The minimum absolute atomic E-state index is 0.0430. The molecule has 138 valence electrons. The van der Waals surface area contributed by atoms with Crippen molar-refractivity contribution in [1.82, 2.24) is 10.6 Å². The molecule has 0 aromatic heterocycles. The molecular weight excluding hydrogens is 333 g/mol. The van der Waals surface area contributed by atoms with E-state index in [4.69, 9.17) is 0 Å². The van der Waals surface area contributed by atoms with Crippen molar-refractivity contribution in [2.45, 2.75) is 51.2 Å². The largest absolute Gasteiger partial charge is 0.393 e. The maximum absolute atomic E-state index is 13.0. The van der Waals surface area contributed by atoms with E-state index in [-0.39, 0.29) is 25.3 Å². The van der Waals surface area contributed by atoms with Crippen LogP contribution in [0.1, 0.15) is 48.0 Å². The van der Waals surface area contributed by atoms with Crippen LogP contribution in [0.4, 0.5) is 13.2 Å². The number of rotatable bonds is 5. The van der Waals surface area contributed by atoms with Crippen molar-refractivity contribution in [3.63, 3.8) is 0 Å². The summed E-state index contributed by atoms with van der Waals surface area (Å²) in [6, 6.07) is 6.15. The summed E-state index contributed by atoms with van der Waals surface area (Å²) < 4.78 is 39.0. The molecule has 0 aliphatic heterocycles. The Morgan fingerprint density at radius 1 is 1.20 bits per heavy atom. The summed E-state index contributed by atoms with van der Waals surface area (Å²) in [5.41, 5.74) is 1.44. The monoisotopic (exact) mass is 356 g/mol. The van der Waals surface area contributed by atoms with Crippen LogP contribution in [-0.4, -0.2) is 30.6 Å². The summed E-state index contributed by atoms with van der Waals surface area (Å²) in [5, 5.41) is 5.10. The first-order valence-electron chi connectivity index (χ1n) is 8.48. The molecule has 1 aliphatic carbocycles. The van der Waals surface area contributed by atoms with E-state index in [0.717, 1.165) is 5.56 Å². The maximum Gasteiger partial charge on any atom is 0.393 e. The van der Waals surface area contributed by atoms with E-state index in [2.05, 4.69) is 10.6 Å². The van der Waals surface area contributed by atoms with Crippen LogP contribution in [0.15, 0.2) is 24.3 Å². The van der Waals surface area contributed by atoms with Crippen LogP contribution in [0.2, 0.25) is 0 Å². The van der Waals surface area contributed by atoms with Gasteiger partial charge in [-0.1, -0.05) is 30.5 Å². The van der Waals surface area contributed by atoms with Crippen LogP contribution < -0.4 is 10.6 Å². The number of carbonyl (C=O) groups excluding carboxylic acids is 2. The molecule has 25 heavy (non-hydrogen) atoms. The number of hydrogen-bond acceptors (Lipinski definition) is 2. The second kappa shape index (κ2) is 8.36. The number of hydrogen-bond donors (Lipinski definition) is 2. The fourth-order valence-corrected chi connectivity index (χ4v) is 3.15. The molecule has 2 rings (SSSR count). The van der Waals surface area contributed by atoms with E-state index in [0.29, 0.717) is 24.8 Å². The van der Waals surface area contributed by atoms with Crippen molar-refractivity contribution in [1.29, 1.82) is 0 Å². The molecule has 0 heterocycles. The molecule has 2 unspecified atom stereocenters. The zero-order valence-electron chi connectivity index (χ0n) is 14.2. The number of carbonyl (C=O) groups is 2. The normalized spacial score (nSPS) is 20.8. The summed E-state index contributed by atoms with van der Waals surface area (Å²) in [5.74, 6) is -2.25. The lowest BCUT2D eigenvalue weighted by Crippen LogP contribution is -2.48. The number of nitrogens with one attached hydrogen (secondary N) is 2. The summed E-state index contributed by atoms with van der Waals surface area (Å²) in [4.78, 5) is 23.9. The van der Waals surface area contributed by atoms with Crippen molar-refractivity contribution in [2.24, 2.45) is 5.92 Å². The number of benzene rings is 1. The maximum atomic E-state index is 13.0. The van der Waals surface area contributed by atoms with Crippen molar-refractivity contribution < 1.29 is 22.8 Å². The minimum atomic E-state index is -4.29. The van der Waals surface area contributed by atoms with Gasteiger partial charge in [-0.3, -0.25) is 9.59 Å². The lowest BCUT2D eigenvalue weighted by Gasteiger charge is -2.33. The molecule has 2 amide bonds. The Bertz CT molecular complexity index is 617. The second-order valence-electron chi connectivity index (χ2n) is 6.48. The molecule has 2 atom stereocenters. The van der Waals surface area contributed by atoms with Gasteiger partial charge in [0, 0.05) is 24.6 Å². The van der Waals surface area contributed by atoms with Gasteiger partial charge in [-0.25, -0.2) is 0 Å². The summed E-state index contributed by atoms with van der Waals surface area (Å²) in [6.45, 7) is 1.95. The Hall–Kier alpha value is -2.05. The first-order valence-corrected chi connectivity index (χ1v) is 8.48. The van der Waals surface area contributed by atoms with Crippen LogP contribution in [0.5, 0.6) is 0 Å². The Labute approximate surface area is 145 Å². The molecule has 0 spiro atoms. The number of aryl methyl sites for hydroxylation is 1. The lowest BCUT2D eigenvalue weighted by molar-refractivity contribution is -0.189. The highest BCUT2D eigenvalue weighted by Gasteiger charge is 2.45. The van der Waals surface area contributed by atoms with E-state index in [1.165, 1.54) is 0 Å². The highest BCUT2D eigenvalue weighted by Crippen LogP contribution is 2.37. The van der Waals surface area contributed by atoms with Crippen LogP contribution in [0.3, 0.4) is 0 Å². The average Bonchev–Trinajstić information content (AvgIpc) is 2.54. The van der Waals surface area contributed by atoms with Gasteiger partial charge < -0.3 is 10.6 Å². The SMILES string of the molecule is Cc1cccc(C(=O)NCCC(=O)NC2CCCCC2C(F)(F)F)c1. The Morgan fingerprint density at radius 2 is 1.92 bits per heavy atom. The third-order valence-electron chi connectivity index (χ3n) is 4.45. The average molecular weight is 356 g/mol. The van der Waals surface area contributed by atoms with Crippen molar-refractivity contribution in [3.05, 3.63) is 35.4 Å². The van der Waals surface area contributed by atoms with Gasteiger partial charge in [0.05, 0.1) is 5.92 Å². The fraction of sp³-hybridized carbons (Fsp3) is 0.556. The molecular formula is C18H23F3N2O2. The Balaban J connectivity index is 1.79. The van der Waals surface area contributed by atoms with Gasteiger partial charge in [0.25, 0.3) is 5.91 Å². The van der Waals surface area contributed by atoms with Gasteiger partial charge in [-0.15, -0.1) is 0 Å². The Morgan fingerprint density at radius 3 is 2.60 bits per heavy atom. The van der Waals surface area contributed by atoms with E-state index in [1.54, 1.807) is 18.2 Å². The minimum Gasteiger partial charge on any atom is -0.353 e. The van der Waals surface area contributed by atoms with Gasteiger partial charge in [-0.2, -0.15) is 13.2 Å². The van der Waals surface area contributed by atoms with Crippen LogP contribution >= 0.6 is 0 Å². The highest BCUT2D eigenvalue weighted by molar-refractivity contribution is 5.94. The molecule has 1 fully saturated rings. The summed E-state index contributed by atoms with van der Waals surface area (Å²) in [7, 11) is 0. The zero-order valence-corrected chi connectivity index (χ0v) is 14.2. The predicted octanol–water partition coefficient (Wildman–Crippen LogP) is 3.35. The molecule has 0 radical (unpaired) electrons. The van der Waals surface area contributed by atoms with Gasteiger partial charge in [0.2, 0.25) is 5.91 Å². The smallest absolute Gasteiger partial charge is 0.353 e. The third kappa shape index (κ3) is 5.76. The summed E-state index contributed by atoms with van der Waals surface area (Å²) >= 11 is 0. The van der Waals surface area contributed by atoms with Crippen molar-refractivity contribution in [3.8, 4) is 0 Å². The molecule has 1 saturated carbocycles. The van der Waals surface area contributed by atoms with Crippen molar-refractivity contribution in [2.75, 3.05) is 6.54 Å². The van der Waals surface area contributed by atoms with Crippen LogP contribution in [0.25, 0.3) is 0 Å². The van der Waals surface area contributed by atoms with Crippen molar-refractivity contribution >= 4 is 11.8 Å². The number of halogens is 3. The van der Waals surface area contributed by atoms with E-state index < -0.39 is 24.0 Å². The van der Waals surface area contributed by atoms with E-state index in [9.17, 15) is 22.8 Å². The third-order valence-corrected chi connectivity index (χ3v) is 4.45. The fourth-order valence-electron chi connectivity index (χ4n) is 3.15. The molecule has 1 aliphatic rings. The molecule has 1 aromatic carbocycles. The number of alkyl halides is 3. The van der Waals surface area contributed by atoms with Crippen LogP contribution in [-0.2, 0) is 4.79 Å². The standard InChI is InChI=1S/C18H23F3N2O2/c1-12-5-4-6-13(11-12)17(25)22-10-9-16(24)23-15-8-3-2-7-14(15)18(19,20)21/h4-6,11,14-15H,2-3,7-10H2,1H3,(H,22,25)(H,23,24). The molecule has 2 N–H and O–H groups in total. The van der Waals surface area contributed by atoms with Gasteiger partial charge in [0.1, 0.15) is 0 Å². The second-order valence-corrected chi connectivity index (χ2v) is 6.48.